The first-order valence-electron chi connectivity index (χ1n) is 6.19. The minimum Gasteiger partial charge on any atom is -0.363 e. The van der Waals surface area contributed by atoms with E-state index in [0.717, 1.165) is 15.7 Å². The minimum absolute atomic E-state index is 0.0638. The number of nitro groups is 1. The van der Waals surface area contributed by atoms with Crippen LogP contribution in [0.2, 0.25) is 0 Å². The van der Waals surface area contributed by atoms with Crippen LogP contribution in [-0.4, -0.2) is 19.7 Å². The van der Waals surface area contributed by atoms with Crippen LogP contribution in [0.3, 0.4) is 0 Å². The van der Waals surface area contributed by atoms with Crippen molar-refractivity contribution in [2.75, 3.05) is 0 Å². The van der Waals surface area contributed by atoms with Crippen LogP contribution in [0.4, 0.5) is 5.69 Å². The van der Waals surface area contributed by atoms with Crippen molar-refractivity contribution < 1.29 is 4.92 Å². The maximum atomic E-state index is 10.9. The Labute approximate surface area is 134 Å². The molecule has 0 spiro atoms. The van der Waals surface area contributed by atoms with Gasteiger partial charge in [-0.05, 0) is 28.4 Å². The fourth-order valence-corrected chi connectivity index (χ4v) is 3.55. The summed E-state index contributed by atoms with van der Waals surface area (Å²) in [5, 5.41) is 18.5. The molecule has 1 unspecified atom stereocenters. The number of nitro benzene ring substituents is 1. The molecule has 0 amide bonds. The highest BCUT2D eigenvalue weighted by atomic mass is 79.9. The molecule has 1 aromatic carbocycles. The van der Waals surface area contributed by atoms with Gasteiger partial charge in [-0.3, -0.25) is 14.8 Å². The van der Waals surface area contributed by atoms with Gasteiger partial charge in [-0.1, -0.05) is 24.4 Å². The van der Waals surface area contributed by atoms with Crippen LogP contribution in [-0.2, 0) is 12.1 Å². The Hall–Kier alpha value is -1.80. The number of hydrogen-bond acceptors (Lipinski definition) is 4. The van der Waals surface area contributed by atoms with Crippen molar-refractivity contribution in [1.29, 1.82) is 0 Å². The molecule has 1 aromatic heterocycles. The molecular formula is C13H11BrN4O2S. The van der Waals surface area contributed by atoms with E-state index in [1.165, 1.54) is 6.07 Å². The van der Waals surface area contributed by atoms with Gasteiger partial charge in [-0.25, -0.2) is 0 Å². The molecule has 3 rings (SSSR count). The number of nitrogens with one attached hydrogen (secondary N) is 1. The van der Waals surface area contributed by atoms with E-state index in [0.29, 0.717) is 11.5 Å². The van der Waals surface area contributed by atoms with E-state index in [1.54, 1.807) is 18.3 Å². The van der Waals surface area contributed by atoms with Crippen LogP contribution < -0.4 is 5.32 Å². The van der Waals surface area contributed by atoms with Gasteiger partial charge in [-0.15, -0.1) is 0 Å². The van der Waals surface area contributed by atoms with Gasteiger partial charge in [0, 0.05) is 12.1 Å². The first-order chi connectivity index (χ1) is 9.90. The third-order valence-electron chi connectivity index (χ3n) is 3.56. The lowest BCUT2D eigenvalue weighted by Crippen LogP contribution is -2.51. The molecule has 0 fully saturated rings. The highest BCUT2D eigenvalue weighted by Crippen LogP contribution is 2.31. The summed E-state index contributed by atoms with van der Waals surface area (Å²) in [6.07, 6.45) is 1.70. The van der Waals surface area contributed by atoms with Gasteiger partial charge in [0.2, 0.25) is 0 Å². The molecule has 0 bridgehead atoms. The van der Waals surface area contributed by atoms with Gasteiger partial charge in [-0.2, -0.15) is 5.10 Å². The summed E-state index contributed by atoms with van der Waals surface area (Å²) < 4.78 is 2.64. The van der Waals surface area contributed by atoms with E-state index >= 15 is 0 Å². The second-order valence-corrected chi connectivity index (χ2v) is 6.36. The maximum absolute atomic E-state index is 10.9. The zero-order valence-corrected chi connectivity index (χ0v) is 13.4. The van der Waals surface area contributed by atoms with Crippen molar-refractivity contribution >= 4 is 38.8 Å². The highest BCUT2D eigenvalue weighted by Gasteiger charge is 2.36. The Bertz CT molecular complexity index is 760. The topological polar surface area (TPSA) is 73.0 Å². The normalized spacial score (nSPS) is 20.8. The number of nitrogens with zero attached hydrogens (tertiary/aromatic N) is 3. The number of hydrogen-bond donors (Lipinski definition) is 1. The second-order valence-electron chi connectivity index (χ2n) is 5.09. The molecule has 2 aromatic rings. The first kappa shape index (κ1) is 14.2. The Morgan fingerprint density at radius 2 is 2.33 bits per heavy atom. The molecular weight excluding hydrogens is 356 g/mol. The van der Waals surface area contributed by atoms with E-state index in [4.69, 9.17) is 12.2 Å². The predicted molar refractivity (Wildman–Crippen MR) is 85.2 cm³/mol. The van der Waals surface area contributed by atoms with Gasteiger partial charge in [0.15, 0.2) is 0 Å². The molecule has 0 radical (unpaired) electrons. The number of aromatic nitrogens is 2. The van der Waals surface area contributed by atoms with Crippen molar-refractivity contribution in [2.45, 2.75) is 19.0 Å². The van der Waals surface area contributed by atoms with Gasteiger partial charge in [0.1, 0.15) is 10.7 Å². The largest absolute Gasteiger partial charge is 0.363 e. The van der Waals surface area contributed by atoms with Crippen LogP contribution in [0, 0.1) is 10.1 Å². The number of fused-ring (bicyclic) bond motifs is 1. The molecule has 21 heavy (non-hydrogen) atoms. The zero-order valence-electron chi connectivity index (χ0n) is 11.0. The zero-order chi connectivity index (χ0) is 15.2. The molecule has 0 saturated heterocycles. The molecule has 8 heteroatoms. The predicted octanol–water partition coefficient (Wildman–Crippen LogP) is 2.75. The summed E-state index contributed by atoms with van der Waals surface area (Å²) in [7, 11) is 0. The van der Waals surface area contributed by atoms with E-state index in [1.807, 2.05) is 17.7 Å². The van der Waals surface area contributed by atoms with Gasteiger partial charge < -0.3 is 5.32 Å². The van der Waals surface area contributed by atoms with Gasteiger partial charge in [0.25, 0.3) is 5.69 Å². The Morgan fingerprint density at radius 3 is 3.05 bits per heavy atom. The van der Waals surface area contributed by atoms with E-state index in [-0.39, 0.29) is 5.69 Å². The molecule has 1 N–H and O–H groups in total. The number of benzene rings is 1. The summed E-state index contributed by atoms with van der Waals surface area (Å²) in [6, 6.07) is 6.58. The van der Waals surface area contributed by atoms with Gasteiger partial charge in [0.05, 0.1) is 27.7 Å². The SMILES string of the molecule is CC1(c2cccc([N+](=O)[O-])c2)Cn2ncc(Br)c2C(=S)N1. The molecule has 1 aliphatic rings. The smallest absolute Gasteiger partial charge is 0.269 e. The Balaban J connectivity index is 2.05. The number of halogens is 1. The third-order valence-corrected chi connectivity index (χ3v) is 4.44. The van der Waals surface area contributed by atoms with Crippen molar-refractivity contribution in [1.82, 2.24) is 15.1 Å². The summed E-state index contributed by atoms with van der Waals surface area (Å²) in [6.45, 7) is 2.49. The maximum Gasteiger partial charge on any atom is 0.269 e. The molecule has 0 saturated carbocycles. The lowest BCUT2D eigenvalue weighted by Gasteiger charge is -2.37. The van der Waals surface area contributed by atoms with E-state index in [9.17, 15) is 10.1 Å². The van der Waals surface area contributed by atoms with Crippen LogP contribution >= 0.6 is 28.1 Å². The first-order valence-corrected chi connectivity index (χ1v) is 7.39. The van der Waals surface area contributed by atoms with Crippen molar-refractivity contribution in [3.05, 3.63) is 56.3 Å². The van der Waals surface area contributed by atoms with Crippen LogP contribution in [0.15, 0.2) is 34.9 Å². The summed E-state index contributed by atoms with van der Waals surface area (Å²) in [5.41, 5.74) is 1.15. The van der Waals surface area contributed by atoms with E-state index < -0.39 is 10.5 Å². The number of rotatable bonds is 2. The van der Waals surface area contributed by atoms with Crippen molar-refractivity contribution in [3.8, 4) is 0 Å². The Kier molecular flexibility index (Phi) is 3.29. The van der Waals surface area contributed by atoms with E-state index in [2.05, 4.69) is 26.3 Å². The number of thiocarbonyl (C=S) groups is 1. The lowest BCUT2D eigenvalue weighted by atomic mass is 9.90. The second kappa shape index (κ2) is 4.88. The molecule has 1 aliphatic heterocycles. The highest BCUT2D eigenvalue weighted by molar-refractivity contribution is 9.10. The van der Waals surface area contributed by atoms with Crippen molar-refractivity contribution in [2.24, 2.45) is 0 Å². The fourth-order valence-electron chi connectivity index (χ4n) is 2.48. The summed E-state index contributed by atoms with van der Waals surface area (Å²) in [5.74, 6) is 0. The Morgan fingerprint density at radius 1 is 1.57 bits per heavy atom. The van der Waals surface area contributed by atoms with Gasteiger partial charge >= 0.3 is 0 Å². The van der Waals surface area contributed by atoms with Crippen molar-refractivity contribution in [3.63, 3.8) is 0 Å². The molecule has 108 valence electrons. The third kappa shape index (κ3) is 2.34. The lowest BCUT2D eigenvalue weighted by molar-refractivity contribution is -0.385. The summed E-state index contributed by atoms with van der Waals surface area (Å²) in [4.78, 5) is 11.1. The fraction of sp³-hybridized carbons (Fsp3) is 0.231. The monoisotopic (exact) mass is 366 g/mol. The average molecular weight is 367 g/mol. The number of non-ortho nitro benzene ring substituents is 1. The van der Waals surface area contributed by atoms with Crippen LogP contribution in [0.1, 0.15) is 18.2 Å². The molecule has 2 heterocycles. The standard InChI is InChI=1S/C13H11BrN4O2S/c1-13(8-3-2-4-9(5-8)18(19)20)7-17-11(12(21)16-13)10(14)6-15-17/h2-6H,7H2,1H3,(H,16,21). The quantitative estimate of drug-likeness (QED) is 0.502. The average Bonchev–Trinajstić information content (AvgIpc) is 2.80. The molecule has 0 aliphatic carbocycles. The van der Waals surface area contributed by atoms with Crippen LogP contribution in [0.25, 0.3) is 0 Å². The molecule has 1 atom stereocenters. The molecule has 6 nitrogen and oxygen atoms in total. The summed E-state index contributed by atoms with van der Waals surface area (Å²) >= 11 is 8.82. The van der Waals surface area contributed by atoms with Crippen LogP contribution in [0.5, 0.6) is 0 Å². The minimum atomic E-state index is -0.540.